The van der Waals surface area contributed by atoms with Crippen molar-refractivity contribution in [3.8, 4) is 0 Å². The van der Waals surface area contributed by atoms with Crippen LogP contribution in [0.15, 0.2) is 0 Å². The number of hydrogen-bond donors (Lipinski definition) is 4. The minimum Gasteiger partial charge on any atom is -0.379 e. The number of nitrogens with one attached hydrogen (secondary N) is 3. The van der Waals surface area contributed by atoms with E-state index in [-0.39, 0.29) is 44.1 Å². The van der Waals surface area contributed by atoms with Gasteiger partial charge in [-0.3, -0.25) is 19.2 Å². The molecule has 0 aromatic rings. The maximum Gasteiger partial charge on any atom is 0.246 e. The fraction of sp³-hybridized carbons (Fsp3) is 0.840. The first-order valence-electron chi connectivity index (χ1n) is 13.7. The summed E-state index contributed by atoms with van der Waals surface area (Å²) in [6, 6.07) is 0. The molecule has 16 nitrogen and oxygen atoms in total. The van der Waals surface area contributed by atoms with Gasteiger partial charge < -0.3 is 59.6 Å². The summed E-state index contributed by atoms with van der Waals surface area (Å²) in [5, 5.41) is 7.82. The van der Waals surface area contributed by atoms with Crippen molar-refractivity contribution in [2.45, 2.75) is 13.3 Å². The standard InChI is InChI=1S/C25H48N4O12/c1-2-6-34-10-14-38-15-11-36-8-4-28-24(32)20-41-21-25(33)29-5-9-37-13-17-39-16-12-35-7-3-27-23(31)19-40-18-22(26)30/h2-21H2,1H3,(H2,26,30)(H,27,31)(H,28,32)(H,29,33). The van der Waals surface area contributed by atoms with Gasteiger partial charge in [-0.25, -0.2) is 0 Å². The van der Waals surface area contributed by atoms with E-state index in [2.05, 4.69) is 16.0 Å². The molecule has 0 aliphatic carbocycles. The van der Waals surface area contributed by atoms with Crippen LogP contribution in [0.4, 0.5) is 0 Å². The lowest BCUT2D eigenvalue weighted by atomic mass is 10.5. The van der Waals surface area contributed by atoms with Crippen LogP contribution in [-0.4, -0.2) is 149 Å². The fourth-order valence-corrected chi connectivity index (χ4v) is 2.65. The molecular formula is C25H48N4O12. The Balaban J connectivity index is 3.32. The van der Waals surface area contributed by atoms with Crippen LogP contribution in [0.5, 0.6) is 0 Å². The van der Waals surface area contributed by atoms with E-state index in [1.807, 2.05) is 6.92 Å². The topological polar surface area (TPSA) is 204 Å². The lowest BCUT2D eigenvalue weighted by Gasteiger charge is -2.09. The quantitative estimate of drug-likeness (QED) is 0.0607. The van der Waals surface area contributed by atoms with Crippen molar-refractivity contribution in [3.63, 3.8) is 0 Å². The minimum atomic E-state index is -0.639. The van der Waals surface area contributed by atoms with E-state index in [1.165, 1.54) is 0 Å². The molecule has 0 atom stereocenters. The van der Waals surface area contributed by atoms with Gasteiger partial charge in [0.2, 0.25) is 23.6 Å². The predicted octanol–water partition coefficient (Wildman–Crippen LogP) is -2.64. The third kappa shape index (κ3) is 31.9. The Labute approximate surface area is 241 Å². The molecule has 0 radical (unpaired) electrons. The van der Waals surface area contributed by atoms with Gasteiger partial charge in [-0.05, 0) is 6.42 Å². The van der Waals surface area contributed by atoms with E-state index in [9.17, 15) is 19.2 Å². The number of rotatable bonds is 31. The van der Waals surface area contributed by atoms with E-state index in [4.69, 9.17) is 43.6 Å². The molecule has 0 fully saturated rings. The number of carbonyl (C=O) groups excluding carboxylic acids is 4. The summed E-state index contributed by atoms with van der Waals surface area (Å²) in [7, 11) is 0. The first-order valence-corrected chi connectivity index (χ1v) is 13.7. The Morgan fingerprint density at radius 3 is 1.05 bits per heavy atom. The third-order valence-electron chi connectivity index (χ3n) is 4.49. The van der Waals surface area contributed by atoms with Crippen molar-refractivity contribution >= 4 is 23.6 Å². The lowest BCUT2D eigenvalue weighted by molar-refractivity contribution is -0.132. The van der Waals surface area contributed by atoms with E-state index < -0.39 is 5.91 Å². The van der Waals surface area contributed by atoms with Gasteiger partial charge in [0.25, 0.3) is 0 Å². The molecule has 0 saturated carbocycles. The van der Waals surface area contributed by atoms with Crippen LogP contribution in [0, 0.1) is 0 Å². The SMILES string of the molecule is CCCOCCOCCOCCNC(=O)COCC(=O)NCCOCCOCCOCCNC(=O)COCC(N)=O. The van der Waals surface area contributed by atoms with E-state index in [1.54, 1.807) is 0 Å². The van der Waals surface area contributed by atoms with Gasteiger partial charge >= 0.3 is 0 Å². The average Bonchev–Trinajstić information content (AvgIpc) is 2.94. The molecule has 0 rings (SSSR count). The van der Waals surface area contributed by atoms with Gasteiger partial charge in [-0.2, -0.15) is 0 Å². The normalized spacial score (nSPS) is 10.9. The second kappa shape index (κ2) is 30.5. The molecule has 0 aromatic carbocycles. The van der Waals surface area contributed by atoms with E-state index in [0.29, 0.717) is 92.3 Å². The Hall–Kier alpha value is -2.44. The summed E-state index contributed by atoms with van der Waals surface area (Å²) < 4.78 is 41.9. The van der Waals surface area contributed by atoms with Crippen LogP contribution >= 0.6 is 0 Å². The zero-order chi connectivity index (χ0) is 30.2. The van der Waals surface area contributed by atoms with E-state index in [0.717, 1.165) is 13.0 Å². The number of primary amides is 1. The highest BCUT2D eigenvalue weighted by Gasteiger charge is 2.05. The van der Waals surface area contributed by atoms with Crippen molar-refractivity contribution in [1.29, 1.82) is 0 Å². The highest BCUT2D eigenvalue weighted by molar-refractivity contribution is 5.79. The average molecular weight is 597 g/mol. The zero-order valence-corrected chi connectivity index (χ0v) is 24.1. The van der Waals surface area contributed by atoms with Gasteiger partial charge in [0.1, 0.15) is 26.4 Å². The summed E-state index contributed by atoms with van der Waals surface area (Å²) in [4.78, 5) is 45.3. The number of hydrogen-bond acceptors (Lipinski definition) is 12. The Kier molecular flexibility index (Phi) is 28.7. The molecule has 0 saturated heterocycles. The Morgan fingerprint density at radius 1 is 0.439 bits per heavy atom. The molecule has 240 valence electrons. The van der Waals surface area contributed by atoms with Crippen molar-refractivity contribution in [2.24, 2.45) is 5.73 Å². The summed E-state index contributed by atoms with van der Waals surface area (Å²) in [5.41, 5.74) is 4.89. The summed E-state index contributed by atoms with van der Waals surface area (Å²) in [5.74, 6) is -1.70. The smallest absolute Gasteiger partial charge is 0.246 e. The van der Waals surface area contributed by atoms with Crippen LogP contribution in [0.2, 0.25) is 0 Å². The number of carbonyl (C=O) groups is 4. The molecule has 0 spiro atoms. The van der Waals surface area contributed by atoms with Gasteiger partial charge in [0.15, 0.2) is 0 Å². The van der Waals surface area contributed by atoms with Crippen LogP contribution in [0.25, 0.3) is 0 Å². The van der Waals surface area contributed by atoms with Crippen LogP contribution in [-0.2, 0) is 57.1 Å². The predicted molar refractivity (Wildman–Crippen MR) is 145 cm³/mol. The highest BCUT2D eigenvalue weighted by atomic mass is 16.5. The largest absolute Gasteiger partial charge is 0.379 e. The molecule has 0 bridgehead atoms. The maximum absolute atomic E-state index is 11.7. The van der Waals surface area contributed by atoms with Crippen LogP contribution in [0.3, 0.4) is 0 Å². The third-order valence-corrected chi connectivity index (χ3v) is 4.49. The summed E-state index contributed by atoms with van der Waals surface area (Å²) in [6.07, 6.45) is 0.981. The minimum absolute atomic E-state index is 0.228. The number of ether oxygens (including phenoxy) is 8. The summed E-state index contributed by atoms with van der Waals surface area (Å²) >= 11 is 0. The molecule has 0 heterocycles. The summed E-state index contributed by atoms with van der Waals surface area (Å²) in [6.45, 7) is 7.03. The molecule has 0 unspecified atom stereocenters. The van der Waals surface area contributed by atoms with Gasteiger partial charge in [0.05, 0.1) is 72.7 Å². The van der Waals surface area contributed by atoms with Crippen molar-refractivity contribution in [2.75, 3.05) is 125 Å². The second-order valence-electron chi connectivity index (χ2n) is 8.18. The first-order chi connectivity index (χ1) is 20.0. The van der Waals surface area contributed by atoms with E-state index >= 15 is 0 Å². The van der Waals surface area contributed by atoms with Crippen LogP contribution < -0.4 is 21.7 Å². The monoisotopic (exact) mass is 596 g/mol. The highest BCUT2D eigenvalue weighted by Crippen LogP contribution is 1.85. The number of nitrogens with two attached hydrogens (primary N) is 1. The molecule has 5 N–H and O–H groups in total. The lowest BCUT2D eigenvalue weighted by Crippen LogP contribution is -2.34. The van der Waals surface area contributed by atoms with Crippen molar-refractivity contribution < 1.29 is 57.1 Å². The molecular weight excluding hydrogens is 548 g/mol. The van der Waals surface area contributed by atoms with Gasteiger partial charge in [0, 0.05) is 26.2 Å². The van der Waals surface area contributed by atoms with Crippen molar-refractivity contribution in [1.82, 2.24) is 16.0 Å². The fourth-order valence-electron chi connectivity index (χ4n) is 2.65. The molecule has 41 heavy (non-hydrogen) atoms. The number of amides is 4. The maximum atomic E-state index is 11.7. The Morgan fingerprint density at radius 2 is 0.732 bits per heavy atom. The van der Waals surface area contributed by atoms with Crippen molar-refractivity contribution in [3.05, 3.63) is 0 Å². The van der Waals surface area contributed by atoms with Gasteiger partial charge in [-0.15, -0.1) is 0 Å². The first kappa shape index (κ1) is 38.6. The molecule has 0 aromatic heterocycles. The van der Waals surface area contributed by atoms with Gasteiger partial charge in [-0.1, -0.05) is 6.92 Å². The van der Waals surface area contributed by atoms with Crippen LogP contribution in [0.1, 0.15) is 13.3 Å². The molecule has 0 aliphatic rings. The second-order valence-corrected chi connectivity index (χ2v) is 8.18. The Bertz CT molecular complexity index is 672. The molecule has 16 heteroatoms. The zero-order valence-electron chi connectivity index (χ0n) is 24.1. The molecule has 0 aliphatic heterocycles. The molecule has 4 amide bonds.